The van der Waals surface area contributed by atoms with Crippen LogP contribution in [-0.4, -0.2) is 30.9 Å². The summed E-state index contributed by atoms with van der Waals surface area (Å²) in [6.45, 7) is 3.53. The van der Waals surface area contributed by atoms with E-state index >= 15 is 0 Å². The summed E-state index contributed by atoms with van der Waals surface area (Å²) < 4.78 is 5.38. The summed E-state index contributed by atoms with van der Waals surface area (Å²) in [7, 11) is 1.93. The van der Waals surface area contributed by atoms with Crippen LogP contribution in [0.2, 0.25) is 5.02 Å². The second-order valence-corrected chi connectivity index (χ2v) is 5.57. The number of carbonyl (C=O) groups excluding carboxylic acids is 1. The van der Waals surface area contributed by atoms with Crippen molar-refractivity contribution in [1.82, 2.24) is 4.90 Å². The number of hydrogen-bond donors (Lipinski definition) is 0. The normalized spacial score (nSPS) is 10.7. The average molecular weight is 318 g/mol. The van der Waals surface area contributed by atoms with Crippen LogP contribution in [-0.2, 0) is 6.54 Å². The van der Waals surface area contributed by atoms with Gasteiger partial charge in [-0.05, 0) is 37.7 Å². The molecule has 0 aliphatic heterocycles. The van der Waals surface area contributed by atoms with Crippen LogP contribution in [0.5, 0.6) is 5.75 Å². The second-order valence-electron chi connectivity index (χ2n) is 5.16. The molecule has 4 heteroatoms. The molecule has 0 aliphatic rings. The molecule has 0 fully saturated rings. The van der Waals surface area contributed by atoms with Gasteiger partial charge >= 0.3 is 0 Å². The molecule has 0 bridgehead atoms. The van der Waals surface area contributed by atoms with Crippen molar-refractivity contribution in [3.63, 3.8) is 0 Å². The van der Waals surface area contributed by atoms with Crippen LogP contribution >= 0.6 is 11.6 Å². The van der Waals surface area contributed by atoms with Gasteiger partial charge in [-0.15, -0.1) is 0 Å². The fourth-order valence-corrected chi connectivity index (χ4v) is 2.47. The maximum Gasteiger partial charge on any atom is 0.176 e. The van der Waals surface area contributed by atoms with E-state index in [1.165, 1.54) is 5.56 Å². The largest absolute Gasteiger partial charge is 0.492 e. The SMILES string of the molecule is CCOc1ccc(C(=O)CN(C)Cc2ccccc2)cc1Cl. The molecule has 0 aliphatic carbocycles. The van der Waals surface area contributed by atoms with Gasteiger partial charge in [-0.25, -0.2) is 0 Å². The molecular weight excluding hydrogens is 298 g/mol. The van der Waals surface area contributed by atoms with Crippen LogP contribution in [0, 0.1) is 0 Å². The molecule has 0 unspecified atom stereocenters. The Morgan fingerprint density at radius 2 is 1.91 bits per heavy atom. The summed E-state index contributed by atoms with van der Waals surface area (Å²) in [5, 5.41) is 0.471. The lowest BCUT2D eigenvalue weighted by Gasteiger charge is -2.16. The molecular formula is C18H20ClNO2. The van der Waals surface area contributed by atoms with E-state index in [-0.39, 0.29) is 5.78 Å². The number of halogens is 1. The first-order valence-corrected chi connectivity index (χ1v) is 7.66. The number of benzene rings is 2. The molecule has 0 spiro atoms. The van der Waals surface area contributed by atoms with Crippen molar-refractivity contribution in [2.24, 2.45) is 0 Å². The Morgan fingerprint density at radius 1 is 1.18 bits per heavy atom. The van der Waals surface area contributed by atoms with Gasteiger partial charge in [0.15, 0.2) is 5.78 Å². The predicted molar refractivity (Wildman–Crippen MR) is 89.7 cm³/mol. The molecule has 0 atom stereocenters. The molecule has 22 heavy (non-hydrogen) atoms. The fourth-order valence-electron chi connectivity index (χ4n) is 2.23. The number of hydrogen-bond acceptors (Lipinski definition) is 3. The maximum absolute atomic E-state index is 12.3. The minimum absolute atomic E-state index is 0.0448. The van der Waals surface area contributed by atoms with Gasteiger partial charge in [0, 0.05) is 12.1 Å². The van der Waals surface area contributed by atoms with Gasteiger partial charge in [0.25, 0.3) is 0 Å². The maximum atomic E-state index is 12.3. The zero-order valence-corrected chi connectivity index (χ0v) is 13.6. The van der Waals surface area contributed by atoms with Gasteiger partial charge in [0.05, 0.1) is 18.2 Å². The molecule has 0 heterocycles. The highest BCUT2D eigenvalue weighted by Gasteiger charge is 2.12. The number of likely N-dealkylation sites (N-methyl/N-ethyl adjacent to an activating group) is 1. The first kappa shape index (κ1) is 16.5. The number of ketones is 1. The smallest absolute Gasteiger partial charge is 0.176 e. The van der Waals surface area contributed by atoms with Crippen LogP contribution < -0.4 is 4.74 Å². The minimum Gasteiger partial charge on any atom is -0.492 e. The van der Waals surface area contributed by atoms with Crippen molar-refractivity contribution < 1.29 is 9.53 Å². The highest BCUT2D eigenvalue weighted by Crippen LogP contribution is 2.25. The van der Waals surface area contributed by atoms with Gasteiger partial charge in [0.2, 0.25) is 0 Å². The lowest BCUT2D eigenvalue weighted by molar-refractivity contribution is 0.0943. The van der Waals surface area contributed by atoms with Crippen molar-refractivity contribution >= 4 is 17.4 Å². The number of nitrogens with zero attached hydrogens (tertiary/aromatic N) is 1. The Balaban J connectivity index is 1.98. The van der Waals surface area contributed by atoms with Gasteiger partial charge < -0.3 is 4.74 Å². The van der Waals surface area contributed by atoms with Gasteiger partial charge in [0.1, 0.15) is 5.75 Å². The van der Waals surface area contributed by atoms with Crippen molar-refractivity contribution in [2.75, 3.05) is 20.2 Å². The Labute approximate surface area is 136 Å². The van der Waals surface area contributed by atoms with E-state index in [4.69, 9.17) is 16.3 Å². The Bertz CT molecular complexity index is 628. The topological polar surface area (TPSA) is 29.5 Å². The van der Waals surface area contributed by atoms with Gasteiger partial charge in [-0.2, -0.15) is 0 Å². The van der Waals surface area contributed by atoms with Crippen LogP contribution in [0.25, 0.3) is 0 Å². The van der Waals surface area contributed by atoms with Gasteiger partial charge in [-0.1, -0.05) is 41.9 Å². The van der Waals surface area contributed by atoms with Crippen molar-refractivity contribution in [3.8, 4) is 5.75 Å². The summed E-state index contributed by atoms with van der Waals surface area (Å²) >= 11 is 6.13. The average Bonchev–Trinajstić information content (AvgIpc) is 2.50. The number of Topliss-reactive ketones (excluding diaryl/α,β-unsaturated/α-hetero) is 1. The molecule has 2 aromatic rings. The number of rotatable bonds is 7. The standard InChI is InChI=1S/C18H20ClNO2/c1-3-22-18-10-9-15(11-16(18)19)17(21)13-20(2)12-14-7-5-4-6-8-14/h4-11H,3,12-13H2,1-2H3. The molecule has 3 nitrogen and oxygen atoms in total. The lowest BCUT2D eigenvalue weighted by Crippen LogP contribution is -2.25. The Kier molecular flexibility index (Phi) is 5.99. The molecule has 2 aromatic carbocycles. The summed E-state index contributed by atoms with van der Waals surface area (Å²) in [4.78, 5) is 14.3. The minimum atomic E-state index is 0.0448. The lowest BCUT2D eigenvalue weighted by atomic mass is 10.1. The molecule has 0 amide bonds. The van der Waals surface area contributed by atoms with Crippen molar-refractivity contribution in [2.45, 2.75) is 13.5 Å². The highest BCUT2D eigenvalue weighted by atomic mass is 35.5. The molecule has 0 N–H and O–H groups in total. The highest BCUT2D eigenvalue weighted by molar-refractivity contribution is 6.32. The third-order valence-electron chi connectivity index (χ3n) is 3.26. The predicted octanol–water partition coefficient (Wildman–Crippen LogP) is 4.05. The first-order chi connectivity index (χ1) is 10.6. The van der Waals surface area contributed by atoms with Gasteiger partial charge in [-0.3, -0.25) is 9.69 Å². The molecule has 0 saturated heterocycles. The van der Waals surface area contributed by atoms with E-state index < -0.39 is 0 Å². The molecule has 0 radical (unpaired) electrons. The fraction of sp³-hybridized carbons (Fsp3) is 0.278. The molecule has 0 saturated carbocycles. The summed E-state index contributed by atoms with van der Waals surface area (Å²) in [5.41, 5.74) is 1.79. The van der Waals surface area contributed by atoms with E-state index in [1.807, 2.05) is 37.1 Å². The van der Waals surface area contributed by atoms with E-state index in [1.54, 1.807) is 18.2 Å². The zero-order chi connectivity index (χ0) is 15.9. The van der Waals surface area contributed by atoms with Crippen molar-refractivity contribution in [1.29, 1.82) is 0 Å². The summed E-state index contributed by atoms with van der Waals surface area (Å²) in [6.07, 6.45) is 0. The van der Waals surface area contributed by atoms with Crippen molar-refractivity contribution in [3.05, 3.63) is 64.7 Å². The third-order valence-corrected chi connectivity index (χ3v) is 3.56. The molecule has 0 aromatic heterocycles. The quantitative estimate of drug-likeness (QED) is 0.721. The van der Waals surface area contributed by atoms with E-state index in [0.717, 1.165) is 6.54 Å². The third kappa shape index (κ3) is 4.58. The molecule has 116 valence electrons. The summed E-state index contributed by atoms with van der Waals surface area (Å²) in [6, 6.07) is 15.3. The second kappa shape index (κ2) is 7.97. The summed E-state index contributed by atoms with van der Waals surface area (Å²) in [5.74, 6) is 0.654. The molecule has 2 rings (SSSR count). The zero-order valence-electron chi connectivity index (χ0n) is 12.9. The number of ether oxygens (including phenoxy) is 1. The first-order valence-electron chi connectivity index (χ1n) is 7.28. The van der Waals surface area contributed by atoms with Crippen LogP contribution in [0.4, 0.5) is 0 Å². The Hall–Kier alpha value is -1.84. The van der Waals surface area contributed by atoms with Crippen LogP contribution in [0.15, 0.2) is 48.5 Å². The van der Waals surface area contributed by atoms with Crippen LogP contribution in [0.3, 0.4) is 0 Å². The Morgan fingerprint density at radius 3 is 2.55 bits per heavy atom. The monoisotopic (exact) mass is 317 g/mol. The van der Waals surface area contributed by atoms with Crippen LogP contribution in [0.1, 0.15) is 22.8 Å². The van der Waals surface area contributed by atoms with E-state index in [9.17, 15) is 4.79 Å². The van der Waals surface area contributed by atoms with E-state index in [0.29, 0.717) is 29.5 Å². The number of carbonyl (C=O) groups is 1. The van der Waals surface area contributed by atoms with E-state index in [2.05, 4.69) is 12.1 Å².